The van der Waals surface area contributed by atoms with Crippen LogP contribution in [0.4, 0.5) is 5.69 Å². The number of nitro benzene ring substituents is 1. The summed E-state index contributed by atoms with van der Waals surface area (Å²) in [7, 11) is 0. The molecule has 0 heterocycles. The Labute approximate surface area is 83.9 Å². The molecular formula is C11H15NO2. The van der Waals surface area contributed by atoms with Gasteiger partial charge in [-0.2, -0.15) is 0 Å². The minimum atomic E-state index is -0.365. The van der Waals surface area contributed by atoms with Crippen molar-refractivity contribution in [1.82, 2.24) is 0 Å². The van der Waals surface area contributed by atoms with Gasteiger partial charge in [-0.05, 0) is 18.4 Å². The first kappa shape index (κ1) is 10.7. The third kappa shape index (κ3) is 3.17. The predicted molar refractivity (Wildman–Crippen MR) is 56.3 cm³/mol. The topological polar surface area (TPSA) is 43.1 Å². The molecule has 3 heteroatoms. The maximum atomic E-state index is 10.4. The van der Waals surface area contributed by atoms with Gasteiger partial charge in [0, 0.05) is 12.1 Å². The van der Waals surface area contributed by atoms with Crippen LogP contribution in [0, 0.1) is 10.1 Å². The van der Waals surface area contributed by atoms with Crippen molar-refractivity contribution in [1.29, 1.82) is 0 Å². The van der Waals surface area contributed by atoms with E-state index in [4.69, 9.17) is 0 Å². The van der Waals surface area contributed by atoms with Gasteiger partial charge in [-0.3, -0.25) is 10.1 Å². The number of benzene rings is 1. The standard InChI is InChI=1S/C11H15NO2/c1-2-3-4-5-10-6-8-11(9-7-10)12(13)14/h6-9H,2-5H2,1H3. The lowest BCUT2D eigenvalue weighted by atomic mass is 10.1. The third-order valence-corrected chi connectivity index (χ3v) is 2.22. The van der Waals surface area contributed by atoms with E-state index < -0.39 is 0 Å². The molecule has 0 amide bonds. The van der Waals surface area contributed by atoms with Crippen molar-refractivity contribution in [2.75, 3.05) is 0 Å². The molecule has 0 aromatic heterocycles. The molecule has 76 valence electrons. The van der Waals surface area contributed by atoms with Crippen LogP contribution in [0.15, 0.2) is 24.3 Å². The van der Waals surface area contributed by atoms with Crippen molar-refractivity contribution in [3.8, 4) is 0 Å². The van der Waals surface area contributed by atoms with Gasteiger partial charge >= 0.3 is 0 Å². The number of unbranched alkanes of at least 4 members (excludes halogenated alkanes) is 2. The minimum Gasteiger partial charge on any atom is -0.258 e. The normalized spacial score (nSPS) is 10.1. The smallest absolute Gasteiger partial charge is 0.258 e. The summed E-state index contributed by atoms with van der Waals surface area (Å²) >= 11 is 0. The molecule has 0 atom stereocenters. The van der Waals surface area contributed by atoms with Gasteiger partial charge in [-0.1, -0.05) is 31.9 Å². The molecule has 1 aromatic rings. The molecule has 0 spiro atoms. The summed E-state index contributed by atoms with van der Waals surface area (Å²) in [5, 5.41) is 10.4. The van der Waals surface area contributed by atoms with Crippen molar-refractivity contribution >= 4 is 5.69 Å². The predicted octanol–water partition coefficient (Wildman–Crippen LogP) is 3.33. The van der Waals surface area contributed by atoms with Crippen LogP contribution in [-0.4, -0.2) is 4.92 Å². The van der Waals surface area contributed by atoms with E-state index in [1.165, 1.54) is 18.4 Å². The number of hydrogen-bond donors (Lipinski definition) is 0. The van der Waals surface area contributed by atoms with E-state index in [-0.39, 0.29) is 10.6 Å². The average Bonchev–Trinajstić information content (AvgIpc) is 2.19. The van der Waals surface area contributed by atoms with Crippen LogP contribution < -0.4 is 0 Å². The van der Waals surface area contributed by atoms with E-state index in [1.54, 1.807) is 12.1 Å². The van der Waals surface area contributed by atoms with Gasteiger partial charge in [-0.15, -0.1) is 0 Å². The van der Waals surface area contributed by atoms with Gasteiger partial charge in [0.15, 0.2) is 0 Å². The lowest BCUT2D eigenvalue weighted by Gasteiger charge is -1.99. The van der Waals surface area contributed by atoms with Gasteiger partial charge in [0.25, 0.3) is 5.69 Å². The number of nitro groups is 1. The second-order valence-corrected chi connectivity index (χ2v) is 3.38. The molecule has 0 N–H and O–H groups in total. The summed E-state index contributed by atoms with van der Waals surface area (Å²) in [6, 6.07) is 6.82. The Morgan fingerprint density at radius 1 is 1.21 bits per heavy atom. The molecule has 3 nitrogen and oxygen atoms in total. The first-order valence-corrected chi connectivity index (χ1v) is 4.97. The van der Waals surface area contributed by atoms with E-state index >= 15 is 0 Å². The van der Waals surface area contributed by atoms with E-state index in [9.17, 15) is 10.1 Å². The largest absolute Gasteiger partial charge is 0.269 e. The molecule has 0 aliphatic rings. The van der Waals surface area contributed by atoms with E-state index in [0.29, 0.717) is 0 Å². The SMILES string of the molecule is CCCCCc1ccc([N+](=O)[O-])cc1. The van der Waals surface area contributed by atoms with E-state index in [1.807, 2.05) is 12.1 Å². The third-order valence-electron chi connectivity index (χ3n) is 2.22. The summed E-state index contributed by atoms with van der Waals surface area (Å²) in [6.45, 7) is 2.16. The Morgan fingerprint density at radius 2 is 1.86 bits per heavy atom. The fourth-order valence-electron chi connectivity index (χ4n) is 1.36. The van der Waals surface area contributed by atoms with Crippen molar-refractivity contribution in [2.24, 2.45) is 0 Å². The summed E-state index contributed by atoms with van der Waals surface area (Å²) in [5.74, 6) is 0. The molecule has 0 bridgehead atoms. The molecule has 0 unspecified atom stereocenters. The van der Waals surface area contributed by atoms with Crippen LogP contribution in [0.1, 0.15) is 31.7 Å². The summed E-state index contributed by atoms with van der Waals surface area (Å²) in [4.78, 5) is 10.0. The molecule has 0 aliphatic heterocycles. The number of non-ortho nitro benzene ring substituents is 1. The molecule has 1 rings (SSSR count). The highest BCUT2D eigenvalue weighted by Crippen LogP contribution is 2.13. The van der Waals surface area contributed by atoms with Crippen molar-refractivity contribution < 1.29 is 4.92 Å². The van der Waals surface area contributed by atoms with Gasteiger partial charge < -0.3 is 0 Å². The summed E-state index contributed by atoms with van der Waals surface area (Å²) in [6.07, 6.45) is 4.60. The minimum absolute atomic E-state index is 0.171. The zero-order valence-electron chi connectivity index (χ0n) is 8.40. The second-order valence-electron chi connectivity index (χ2n) is 3.38. The summed E-state index contributed by atoms with van der Waals surface area (Å²) < 4.78 is 0. The van der Waals surface area contributed by atoms with Crippen molar-refractivity contribution in [3.63, 3.8) is 0 Å². The lowest BCUT2D eigenvalue weighted by Crippen LogP contribution is -1.89. The Hall–Kier alpha value is -1.38. The number of nitrogens with zero attached hydrogens (tertiary/aromatic N) is 1. The van der Waals surface area contributed by atoms with Gasteiger partial charge in [-0.25, -0.2) is 0 Å². The van der Waals surface area contributed by atoms with E-state index in [0.717, 1.165) is 12.8 Å². The molecule has 0 saturated carbocycles. The fraction of sp³-hybridized carbons (Fsp3) is 0.455. The van der Waals surface area contributed by atoms with Crippen molar-refractivity contribution in [3.05, 3.63) is 39.9 Å². The van der Waals surface area contributed by atoms with Crippen LogP contribution in [0.5, 0.6) is 0 Å². The van der Waals surface area contributed by atoms with E-state index in [2.05, 4.69) is 6.92 Å². The highest BCUT2D eigenvalue weighted by Gasteiger charge is 2.02. The molecule has 0 saturated heterocycles. The summed E-state index contributed by atoms with van der Waals surface area (Å²) in [5.41, 5.74) is 1.35. The van der Waals surface area contributed by atoms with Crippen LogP contribution >= 0.6 is 0 Å². The molecule has 0 radical (unpaired) electrons. The average molecular weight is 193 g/mol. The number of aryl methyl sites for hydroxylation is 1. The Morgan fingerprint density at radius 3 is 2.36 bits per heavy atom. The van der Waals surface area contributed by atoms with Crippen LogP contribution in [-0.2, 0) is 6.42 Å². The van der Waals surface area contributed by atoms with Crippen LogP contribution in [0.25, 0.3) is 0 Å². The Balaban J connectivity index is 2.51. The highest BCUT2D eigenvalue weighted by atomic mass is 16.6. The molecular weight excluding hydrogens is 178 g/mol. The van der Waals surface area contributed by atoms with Gasteiger partial charge in [0.05, 0.1) is 4.92 Å². The monoisotopic (exact) mass is 193 g/mol. The molecule has 14 heavy (non-hydrogen) atoms. The first-order valence-electron chi connectivity index (χ1n) is 4.97. The number of rotatable bonds is 5. The molecule has 0 aliphatic carbocycles. The van der Waals surface area contributed by atoms with Gasteiger partial charge in [0.1, 0.15) is 0 Å². The molecule has 1 aromatic carbocycles. The fourth-order valence-corrected chi connectivity index (χ4v) is 1.36. The zero-order chi connectivity index (χ0) is 10.4. The van der Waals surface area contributed by atoms with Crippen LogP contribution in [0.2, 0.25) is 0 Å². The second kappa shape index (κ2) is 5.37. The zero-order valence-corrected chi connectivity index (χ0v) is 8.40. The highest BCUT2D eigenvalue weighted by molar-refractivity contribution is 5.32. The van der Waals surface area contributed by atoms with Crippen LogP contribution in [0.3, 0.4) is 0 Å². The maximum Gasteiger partial charge on any atom is 0.269 e. The van der Waals surface area contributed by atoms with Crippen molar-refractivity contribution in [2.45, 2.75) is 32.6 Å². The number of hydrogen-bond acceptors (Lipinski definition) is 2. The Kier molecular flexibility index (Phi) is 4.11. The lowest BCUT2D eigenvalue weighted by molar-refractivity contribution is -0.384. The van der Waals surface area contributed by atoms with Gasteiger partial charge in [0.2, 0.25) is 0 Å². The Bertz CT molecular complexity index is 293. The maximum absolute atomic E-state index is 10.4. The quantitative estimate of drug-likeness (QED) is 0.409. The molecule has 0 fully saturated rings. The first-order chi connectivity index (χ1) is 6.74.